The second-order valence-electron chi connectivity index (χ2n) is 5.86. The normalized spacial score (nSPS) is 11.3. The van der Waals surface area contributed by atoms with Crippen LogP contribution in [0.1, 0.15) is 18.9 Å². The Bertz CT molecular complexity index is 999. The molecule has 6 nitrogen and oxygen atoms in total. The number of aromatic nitrogens is 3. The lowest BCUT2D eigenvalue weighted by atomic mass is 10.1. The van der Waals surface area contributed by atoms with E-state index in [4.69, 9.17) is 4.74 Å². The predicted octanol–water partition coefficient (Wildman–Crippen LogP) is 4.31. The number of hydrogen-bond acceptors (Lipinski definition) is 4. The van der Waals surface area contributed by atoms with Gasteiger partial charge in [0.2, 0.25) is 5.91 Å². The second-order valence-corrected chi connectivity index (χ2v) is 5.86. The molecule has 1 amide bonds. The topological polar surface area (TPSA) is 69.0 Å². The minimum Gasteiger partial charge on any atom is -0.466 e. The van der Waals surface area contributed by atoms with Crippen LogP contribution in [0.5, 0.6) is 6.01 Å². The van der Waals surface area contributed by atoms with Crippen LogP contribution < -0.4 is 10.1 Å². The molecule has 3 aromatic rings. The van der Waals surface area contributed by atoms with Crippen molar-refractivity contribution in [1.82, 2.24) is 14.8 Å². The van der Waals surface area contributed by atoms with Crippen molar-refractivity contribution >= 4 is 11.6 Å². The van der Waals surface area contributed by atoms with Gasteiger partial charge in [-0.15, -0.1) is 5.10 Å². The maximum atomic E-state index is 13.1. The van der Waals surface area contributed by atoms with Crippen LogP contribution in [0.2, 0.25) is 0 Å². The van der Waals surface area contributed by atoms with Gasteiger partial charge in [-0.2, -0.15) is 18.2 Å². The van der Waals surface area contributed by atoms with Crippen LogP contribution in [-0.4, -0.2) is 27.8 Å². The predicted molar refractivity (Wildman–Crippen MR) is 97.3 cm³/mol. The summed E-state index contributed by atoms with van der Waals surface area (Å²) in [5, 5.41) is 6.93. The number of amides is 1. The summed E-state index contributed by atoms with van der Waals surface area (Å²) in [4.78, 5) is 15.8. The number of carbonyl (C=O) groups excluding carboxylic acids is 1. The van der Waals surface area contributed by atoms with Crippen LogP contribution in [0.25, 0.3) is 17.1 Å². The highest BCUT2D eigenvalue weighted by atomic mass is 19.4. The number of benzene rings is 2. The summed E-state index contributed by atoms with van der Waals surface area (Å²) in [6.45, 7) is 1.73. The highest BCUT2D eigenvalue weighted by Gasteiger charge is 2.31. The summed E-state index contributed by atoms with van der Waals surface area (Å²) in [6, 6.07) is 11.6. The molecule has 0 aliphatic carbocycles. The first-order chi connectivity index (χ1) is 13.3. The van der Waals surface area contributed by atoms with E-state index in [1.165, 1.54) is 23.9 Å². The van der Waals surface area contributed by atoms with Crippen molar-refractivity contribution in [3.63, 3.8) is 0 Å². The smallest absolute Gasteiger partial charge is 0.416 e. The van der Waals surface area contributed by atoms with Crippen LogP contribution >= 0.6 is 0 Å². The molecule has 0 atom stereocenters. The van der Waals surface area contributed by atoms with Crippen LogP contribution in [0.4, 0.5) is 18.9 Å². The molecule has 146 valence electrons. The van der Waals surface area contributed by atoms with Gasteiger partial charge in [0.15, 0.2) is 5.82 Å². The van der Waals surface area contributed by atoms with Crippen molar-refractivity contribution in [3.8, 4) is 23.1 Å². The molecule has 1 heterocycles. The summed E-state index contributed by atoms with van der Waals surface area (Å²) in [5.74, 6) is 0.0216. The highest BCUT2D eigenvalue weighted by Crippen LogP contribution is 2.33. The molecule has 1 aromatic heterocycles. The molecule has 0 fully saturated rings. The van der Waals surface area contributed by atoms with Crippen molar-refractivity contribution in [1.29, 1.82) is 0 Å². The molecule has 0 unspecified atom stereocenters. The van der Waals surface area contributed by atoms with Crippen molar-refractivity contribution in [3.05, 3.63) is 54.1 Å². The minimum absolute atomic E-state index is 0.00964. The Hall–Kier alpha value is -3.36. The first-order valence-corrected chi connectivity index (χ1v) is 8.40. The van der Waals surface area contributed by atoms with E-state index >= 15 is 0 Å². The third-order valence-corrected chi connectivity index (χ3v) is 3.91. The number of nitrogens with zero attached hydrogens (tertiary/aromatic N) is 3. The van der Waals surface area contributed by atoms with Gasteiger partial charge in [-0.25, -0.2) is 4.68 Å². The first-order valence-electron chi connectivity index (χ1n) is 8.40. The first kappa shape index (κ1) is 19.4. The molecule has 2 aromatic carbocycles. The molecule has 0 aliphatic heterocycles. The number of halogens is 3. The lowest BCUT2D eigenvalue weighted by Crippen LogP contribution is -2.10. The van der Waals surface area contributed by atoms with E-state index in [1.54, 1.807) is 31.2 Å². The fourth-order valence-corrected chi connectivity index (χ4v) is 2.55. The van der Waals surface area contributed by atoms with Crippen molar-refractivity contribution in [2.24, 2.45) is 0 Å². The molecular weight excluding hydrogens is 373 g/mol. The average Bonchev–Trinajstić information content (AvgIpc) is 3.12. The quantitative estimate of drug-likeness (QED) is 0.705. The zero-order chi connectivity index (χ0) is 20.3. The standard InChI is InChI=1S/C19H17F3N4O2/c1-3-16(27)23-14-8-5-9-15(11-14)26-17(24-18(25-26)28-2)12-6-4-7-13(10-12)19(20,21)22/h4-11H,3H2,1-2H3,(H,23,27). The lowest BCUT2D eigenvalue weighted by Gasteiger charge is -2.10. The fraction of sp³-hybridized carbons (Fsp3) is 0.211. The van der Waals surface area contributed by atoms with Gasteiger partial charge in [0.1, 0.15) is 0 Å². The van der Waals surface area contributed by atoms with Crippen molar-refractivity contribution in [2.75, 3.05) is 12.4 Å². The van der Waals surface area contributed by atoms with Crippen molar-refractivity contribution < 1.29 is 22.7 Å². The molecule has 1 N–H and O–H groups in total. The molecule has 0 saturated heterocycles. The Labute approximate surface area is 159 Å². The number of rotatable bonds is 5. The molecular formula is C19H17F3N4O2. The zero-order valence-electron chi connectivity index (χ0n) is 15.1. The highest BCUT2D eigenvalue weighted by molar-refractivity contribution is 5.90. The fourth-order valence-electron chi connectivity index (χ4n) is 2.55. The Kier molecular flexibility index (Phi) is 5.34. The molecule has 28 heavy (non-hydrogen) atoms. The summed E-state index contributed by atoms with van der Waals surface area (Å²) >= 11 is 0. The average molecular weight is 390 g/mol. The maximum absolute atomic E-state index is 13.1. The van der Waals surface area contributed by atoms with Crippen LogP contribution in [0.3, 0.4) is 0 Å². The zero-order valence-corrected chi connectivity index (χ0v) is 15.1. The second kappa shape index (κ2) is 7.71. The summed E-state index contributed by atoms with van der Waals surface area (Å²) < 4.78 is 45.7. The largest absolute Gasteiger partial charge is 0.466 e. The third-order valence-electron chi connectivity index (χ3n) is 3.91. The number of ether oxygens (including phenoxy) is 1. The van der Waals surface area contributed by atoms with E-state index in [0.717, 1.165) is 12.1 Å². The molecule has 0 saturated carbocycles. The number of alkyl halides is 3. The van der Waals surface area contributed by atoms with E-state index in [1.807, 2.05) is 0 Å². The van der Waals surface area contributed by atoms with Gasteiger partial charge in [0, 0.05) is 17.7 Å². The van der Waals surface area contributed by atoms with Crippen molar-refractivity contribution in [2.45, 2.75) is 19.5 Å². The van der Waals surface area contributed by atoms with Gasteiger partial charge in [0.25, 0.3) is 0 Å². The minimum atomic E-state index is -4.48. The monoisotopic (exact) mass is 390 g/mol. The summed E-state index contributed by atoms with van der Waals surface area (Å²) in [7, 11) is 1.37. The number of hydrogen-bond donors (Lipinski definition) is 1. The number of nitrogens with one attached hydrogen (secondary N) is 1. The third kappa shape index (κ3) is 4.13. The van der Waals surface area contributed by atoms with Gasteiger partial charge >= 0.3 is 12.2 Å². The van der Waals surface area contributed by atoms with Gasteiger partial charge < -0.3 is 10.1 Å². The van der Waals surface area contributed by atoms with Gasteiger partial charge in [-0.3, -0.25) is 4.79 Å². The lowest BCUT2D eigenvalue weighted by molar-refractivity contribution is -0.137. The molecule has 9 heteroatoms. The summed E-state index contributed by atoms with van der Waals surface area (Å²) in [6.07, 6.45) is -4.16. The van der Waals surface area contributed by atoms with Crippen LogP contribution in [-0.2, 0) is 11.0 Å². The number of methoxy groups -OCH3 is 1. The number of carbonyl (C=O) groups is 1. The molecule has 0 aliphatic rings. The summed E-state index contributed by atoms with van der Waals surface area (Å²) in [5.41, 5.74) is 0.488. The molecule has 0 spiro atoms. The SMILES string of the molecule is CCC(=O)Nc1cccc(-n2nc(OC)nc2-c2cccc(C(F)(F)F)c2)c1. The van der Waals surface area contributed by atoms with Crippen LogP contribution in [0, 0.1) is 0 Å². The van der Waals surface area contributed by atoms with E-state index < -0.39 is 11.7 Å². The number of anilines is 1. The Morgan fingerprint density at radius 1 is 1.18 bits per heavy atom. The van der Waals surface area contributed by atoms with E-state index in [2.05, 4.69) is 15.4 Å². The molecule has 0 radical (unpaired) electrons. The Morgan fingerprint density at radius 3 is 2.61 bits per heavy atom. The van der Waals surface area contributed by atoms with E-state index in [9.17, 15) is 18.0 Å². The van der Waals surface area contributed by atoms with Crippen LogP contribution in [0.15, 0.2) is 48.5 Å². The Morgan fingerprint density at radius 2 is 1.93 bits per heavy atom. The van der Waals surface area contributed by atoms with Gasteiger partial charge in [-0.1, -0.05) is 25.1 Å². The van der Waals surface area contributed by atoms with E-state index in [-0.39, 0.29) is 23.3 Å². The van der Waals surface area contributed by atoms with Gasteiger partial charge in [-0.05, 0) is 30.3 Å². The molecule has 3 rings (SSSR count). The maximum Gasteiger partial charge on any atom is 0.416 e. The Balaban J connectivity index is 2.08. The van der Waals surface area contributed by atoms with Gasteiger partial charge in [0.05, 0.1) is 18.4 Å². The molecule has 0 bridgehead atoms. The van der Waals surface area contributed by atoms with E-state index in [0.29, 0.717) is 17.8 Å².